The van der Waals surface area contributed by atoms with Crippen LogP contribution in [0.15, 0.2) is 83.3 Å². The van der Waals surface area contributed by atoms with Gasteiger partial charge in [-0.15, -0.1) is 0 Å². The fourth-order valence-electron chi connectivity index (χ4n) is 5.94. The Bertz CT molecular complexity index is 2220. The first-order valence-electron chi connectivity index (χ1n) is 15.1. The molecular formula is C35H32FN5O5S. The molecule has 3 aromatic heterocycles. The Balaban J connectivity index is 1.51. The van der Waals surface area contributed by atoms with Crippen LogP contribution in [0.1, 0.15) is 10.4 Å². The SMILES string of the molecule is CNC(=O)c1c(-c2ccc(F)cc2)oc2cc(N(C)S(C)(=O)=O)c(-c3cc(N4CCOCC4)cc(-c4cc5ccccc5[nH]4)n3)cc12. The number of sulfonamides is 1. The van der Waals surface area contributed by atoms with Crippen molar-refractivity contribution in [1.82, 2.24) is 15.3 Å². The Labute approximate surface area is 270 Å². The maximum absolute atomic E-state index is 13.8. The van der Waals surface area contributed by atoms with Crippen molar-refractivity contribution >= 4 is 49.2 Å². The number of benzene rings is 3. The Kier molecular flexibility index (Phi) is 7.69. The van der Waals surface area contributed by atoms with Crippen molar-refractivity contribution in [2.24, 2.45) is 0 Å². The minimum absolute atomic E-state index is 0.234. The number of carbonyl (C=O) groups excluding carboxylic acids is 1. The van der Waals surface area contributed by atoms with Crippen LogP contribution in [0.2, 0.25) is 0 Å². The van der Waals surface area contributed by atoms with Gasteiger partial charge in [-0.25, -0.2) is 17.8 Å². The van der Waals surface area contributed by atoms with Crippen LogP contribution in [-0.2, 0) is 14.8 Å². The van der Waals surface area contributed by atoms with E-state index >= 15 is 0 Å². The molecule has 47 heavy (non-hydrogen) atoms. The zero-order valence-corrected chi connectivity index (χ0v) is 26.8. The van der Waals surface area contributed by atoms with Crippen molar-refractivity contribution in [3.63, 3.8) is 0 Å². The summed E-state index contributed by atoms with van der Waals surface area (Å²) < 4.78 is 52.8. The molecule has 3 aromatic carbocycles. The number of H-pyrrole nitrogens is 1. The number of amides is 1. The van der Waals surface area contributed by atoms with Crippen molar-refractivity contribution in [2.75, 3.05) is 55.9 Å². The summed E-state index contributed by atoms with van der Waals surface area (Å²) in [6.07, 6.45) is 1.12. The van der Waals surface area contributed by atoms with E-state index < -0.39 is 21.7 Å². The lowest BCUT2D eigenvalue weighted by Crippen LogP contribution is -2.36. The van der Waals surface area contributed by atoms with E-state index in [-0.39, 0.29) is 16.9 Å². The zero-order chi connectivity index (χ0) is 32.9. The molecule has 4 heterocycles. The first kappa shape index (κ1) is 30.5. The molecule has 0 bridgehead atoms. The minimum atomic E-state index is -3.74. The molecule has 2 N–H and O–H groups in total. The summed E-state index contributed by atoms with van der Waals surface area (Å²) in [5.41, 5.74) is 5.65. The molecule has 0 radical (unpaired) electrons. The van der Waals surface area contributed by atoms with Crippen LogP contribution in [0.25, 0.3) is 55.8 Å². The van der Waals surface area contributed by atoms with Gasteiger partial charge in [-0.2, -0.15) is 0 Å². The topological polar surface area (TPSA) is 121 Å². The number of furan rings is 1. The molecule has 0 saturated carbocycles. The van der Waals surface area contributed by atoms with Crippen molar-refractivity contribution in [3.8, 4) is 34.0 Å². The normalized spacial score (nSPS) is 13.7. The monoisotopic (exact) mass is 653 g/mol. The Morgan fingerprint density at radius 1 is 1.00 bits per heavy atom. The maximum Gasteiger partial charge on any atom is 0.255 e. The van der Waals surface area contributed by atoms with Crippen LogP contribution >= 0.6 is 0 Å². The number of carbonyl (C=O) groups is 1. The van der Waals surface area contributed by atoms with Crippen LogP contribution in [0.4, 0.5) is 15.8 Å². The van der Waals surface area contributed by atoms with Gasteiger partial charge in [0, 0.05) is 66.4 Å². The molecule has 0 unspecified atom stereocenters. The molecule has 1 aliphatic rings. The van der Waals surface area contributed by atoms with Gasteiger partial charge < -0.3 is 24.4 Å². The number of nitrogens with one attached hydrogen (secondary N) is 2. The standard InChI is InChI=1S/C35H32FN5O5S/c1-37-35(42)33-26-19-25(31(40(2)47(3,43)44)20-32(26)46-34(33)21-8-10-23(36)11-9-21)28-17-24(41-12-14-45-15-13-41)18-30(39-28)29-16-22-6-4-5-7-27(22)38-29/h4-11,16-20,38H,12-15H2,1-3H3,(H,37,42). The second-order valence-corrected chi connectivity index (χ2v) is 13.5. The molecule has 1 aliphatic heterocycles. The predicted molar refractivity (Wildman–Crippen MR) is 182 cm³/mol. The van der Waals surface area contributed by atoms with E-state index in [4.69, 9.17) is 14.1 Å². The zero-order valence-electron chi connectivity index (χ0n) is 26.0. The fourth-order valence-corrected chi connectivity index (χ4v) is 6.45. The molecular weight excluding hydrogens is 621 g/mol. The smallest absolute Gasteiger partial charge is 0.255 e. The van der Waals surface area contributed by atoms with Gasteiger partial charge in [-0.1, -0.05) is 18.2 Å². The average molecular weight is 654 g/mol. The number of fused-ring (bicyclic) bond motifs is 2. The van der Waals surface area contributed by atoms with Crippen LogP contribution in [0.5, 0.6) is 0 Å². The number of hydrogen-bond acceptors (Lipinski definition) is 7. The third-order valence-electron chi connectivity index (χ3n) is 8.47. The van der Waals surface area contributed by atoms with Crippen molar-refractivity contribution in [1.29, 1.82) is 0 Å². The largest absolute Gasteiger partial charge is 0.455 e. The third kappa shape index (κ3) is 5.70. The van der Waals surface area contributed by atoms with Crippen molar-refractivity contribution < 1.29 is 26.8 Å². The number of aromatic amines is 1. The molecule has 10 nitrogen and oxygen atoms in total. The number of aromatic nitrogens is 2. The Morgan fingerprint density at radius 2 is 1.72 bits per heavy atom. The number of para-hydroxylation sites is 1. The summed E-state index contributed by atoms with van der Waals surface area (Å²) in [5.74, 6) is -0.604. The number of hydrogen-bond donors (Lipinski definition) is 2. The molecule has 6 aromatic rings. The van der Waals surface area contributed by atoms with E-state index in [1.54, 1.807) is 12.1 Å². The van der Waals surface area contributed by atoms with E-state index in [2.05, 4.69) is 15.2 Å². The van der Waals surface area contributed by atoms with E-state index in [9.17, 15) is 17.6 Å². The van der Waals surface area contributed by atoms with Gasteiger partial charge >= 0.3 is 0 Å². The molecule has 12 heteroatoms. The highest BCUT2D eigenvalue weighted by atomic mass is 32.2. The van der Waals surface area contributed by atoms with Gasteiger partial charge in [0.25, 0.3) is 5.91 Å². The second kappa shape index (κ2) is 11.9. The quantitative estimate of drug-likeness (QED) is 0.216. The van der Waals surface area contributed by atoms with Gasteiger partial charge in [0.05, 0.1) is 47.8 Å². The average Bonchev–Trinajstić information content (AvgIpc) is 3.69. The van der Waals surface area contributed by atoms with E-state index in [0.717, 1.165) is 28.5 Å². The van der Waals surface area contributed by atoms with E-state index in [1.165, 1.54) is 42.7 Å². The minimum Gasteiger partial charge on any atom is -0.455 e. The highest BCUT2D eigenvalue weighted by Crippen LogP contribution is 2.42. The van der Waals surface area contributed by atoms with Crippen LogP contribution in [0.3, 0.4) is 0 Å². The first-order valence-corrected chi connectivity index (χ1v) is 16.9. The Morgan fingerprint density at radius 3 is 2.43 bits per heavy atom. The highest BCUT2D eigenvalue weighted by Gasteiger charge is 2.27. The number of ether oxygens (including phenoxy) is 1. The molecule has 240 valence electrons. The summed E-state index contributed by atoms with van der Waals surface area (Å²) in [5, 5.41) is 4.16. The maximum atomic E-state index is 13.8. The van der Waals surface area contributed by atoms with Gasteiger partial charge in [0.15, 0.2) is 0 Å². The lowest BCUT2D eigenvalue weighted by molar-refractivity contribution is 0.0964. The number of pyridine rings is 1. The van der Waals surface area contributed by atoms with Gasteiger partial charge in [0.1, 0.15) is 17.2 Å². The number of morpholine rings is 1. The number of anilines is 2. The fraction of sp³-hybridized carbons (Fsp3) is 0.200. The Hall–Kier alpha value is -5.20. The van der Waals surface area contributed by atoms with Crippen LogP contribution < -0.4 is 14.5 Å². The van der Waals surface area contributed by atoms with Crippen molar-refractivity contribution in [2.45, 2.75) is 0 Å². The third-order valence-corrected chi connectivity index (χ3v) is 9.66. The molecule has 0 spiro atoms. The van der Waals surface area contributed by atoms with Gasteiger partial charge in [-0.05, 0) is 54.6 Å². The van der Waals surface area contributed by atoms with Gasteiger partial charge in [0.2, 0.25) is 10.0 Å². The highest BCUT2D eigenvalue weighted by molar-refractivity contribution is 7.92. The van der Waals surface area contributed by atoms with Crippen molar-refractivity contribution in [3.05, 3.63) is 90.2 Å². The summed E-state index contributed by atoms with van der Waals surface area (Å²) in [6, 6.07) is 22.9. The molecule has 1 amide bonds. The van der Waals surface area contributed by atoms with Crippen LogP contribution in [-0.4, -0.2) is 70.9 Å². The number of rotatable bonds is 7. The van der Waals surface area contributed by atoms with E-state index in [0.29, 0.717) is 59.9 Å². The second-order valence-electron chi connectivity index (χ2n) is 11.5. The lowest BCUT2D eigenvalue weighted by Gasteiger charge is -2.29. The molecule has 0 atom stereocenters. The summed E-state index contributed by atoms with van der Waals surface area (Å²) >= 11 is 0. The van der Waals surface area contributed by atoms with E-state index in [1.807, 2.05) is 42.5 Å². The molecule has 0 aliphatic carbocycles. The van der Waals surface area contributed by atoms with Crippen LogP contribution in [0, 0.1) is 5.82 Å². The molecule has 1 saturated heterocycles. The van der Waals surface area contributed by atoms with Gasteiger partial charge in [-0.3, -0.25) is 9.10 Å². The number of nitrogens with zero attached hydrogens (tertiary/aromatic N) is 3. The number of halogens is 1. The lowest BCUT2D eigenvalue weighted by atomic mass is 10.00. The predicted octanol–water partition coefficient (Wildman–Crippen LogP) is 6.04. The summed E-state index contributed by atoms with van der Waals surface area (Å²) in [4.78, 5) is 24.1. The summed E-state index contributed by atoms with van der Waals surface area (Å²) in [7, 11) is -0.754. The molecule has 7 rings (SSSR count). The first-order chi connectivity index (χ1) is 22.6. The molecule has 1 fully saturated rings. The summed E-state index contributed by atoms with van der Waals surface area (Å²) in [6.45, 7) is 2.50.